The van der Waals surface area contributed by atoms with Crippen molar-refractivity contribution in [3.05, 3.63) is 22.8 Å². The second kappa shape index (κ2) is 6.92. The average Bonchev–Trinajstić information content (AvgIpc) is 2.45. The Morgan fingerprint density at radius 3 is 2.65 bits per heavy atom. The van der Waals surface area contributed by atoms with E-state index in [1.807, 2.05) is 32.0 Å². The van der Waals surface area contributed by atoms with Crippen LogP contribution in [-0.4, -0.2) is 48.8 Å². The summed E-state index contributed by atoms with van der Waals surface area (Å²) in [5.74, 6) is 1.31. The van der Waals surface area contributed by atoms with Crippen molar-refractivity contribution in [3.63, 3.8) is 0 Å². The Kier molecular flexibility index (Phi) is 5.23. The molecule has 0 unspecified atom stereocenters. The van der Waals surface area contributed by atoms with Crippen LogP contribution in [0.1, 0.15) is 13.8 Å². The minimum atomic E-state index is -0.208. The van der Waals surface area contributed by atoms with E-state index in [-0.39, 0.29) is 6.09 Å². The van der Waals surface area contributed by atoms with Crippen LogP contribution in [0.4, 0.5) is 10.6 Å². The Morgan fingerprint density at radius 2 is 2.05 bits per heavy atom. The zero-order chi connectivity index (χ0) is 14.5. The normalized spacial score (nSPS) is 15.6. The SMILES string of the molecule is CC(C)COC(=O)N1CCN(c2cccc(Br)n2)CC1. The van der Waals surface area contributed by atoms with E-state index in [0.29, 0.717) is 25.6 Å². The van der Waals surface area contributed by atoms with Gasteiger partial charge in [0.15, 0.2) is 0 Å². The topological polar surface area (TPSA) is 45.7 Å². The van der Waals surface area contributed by atoms with Crippen LogP contribution in [0.3, 0.4) is 0 Å². The number of hydrogen-bond donors (Lipinski definition) is 0. The van der Waals surface area contributed by atoms with E-state index >= 15 is 0 Å². The van der Waals surface area contributed by atoms with E-state index in [1.165, 1.54) is 0 Å². The number of carbonyl (C=O) groups excluding carboxylic acids is 1. The molecule has 0 atom stereocenters. The van der Waals surface area contributed by atoms with Crippen LogP contribution in [0.5, 0.6) is 0 Å². The molecule has 1 fully saturated rings. The number of piperazine rings is 1. The molecule has 0 N–H and O–H groups in total. The fourth-order valence-corrected chi connectivity index (χ4v) is 2.36. The van der Waals surface area contributed by atoms with Crippen LogP contribution >= 0.6 is 15.9 Å². The number of nitrogens with zero attached hydrogens (tertiary/aromatic N) is 3. The summed E-state index contributed by atoms with van der Waals surface area (Å²) in [6.07, 6.45) is -0.208. The van der Waals surface area contributed by atoms with Crippen LogP contribution in [0.2, 0.25) is 0 Å². The lowest BCUT2D eigenvalue weighted by atomic mass is 10.2. The van der Waals surface area contributed by atoms with Gasteiger partial charge in [0.1, 0.15) is 10.4 Å². The number of rotatable bonds is 3. The van der Waals surface area contributed by atoms with Crippen molar-refractivity contribution in [2.45, 2.75) is 13.8 Å². The van der Waals surface area contributed by atoms with Gasteiger partial charge in [-0.05, 0) is 34.0 Å². The van der Waals surface area contributed by atoms with Crippen molar-refractivity contribution in [1.82, 2.24) is 9.88 Å². The summed E-state index contributed by atoms with van der Waals surface area (Å²) < 4.78 is 6.08. The summed E-state index contributed by atoms with van der Waals surface area (Å²) in [6, 6.07) is 5.86. The van der Waals surface area contributed by atoms with Gasteiger partial charge in [-0.2, -0.15) is 0 Å². The molecule has 0 bridgehead atoms. The van der Waals surface area contributed by atoms with E-state index in [9.17, 15) is 4.79 Å². The van der Waals surface area contributed by atoms with Gasteiger partial charge in [-0.25, -0.2) is 9.78 Å². The third-order valence-corrected chi connectivity index (χ3v) is 3.54. The molecule has 5 nitrogen and oxygen atoms in total. The van der Waals surface area contributed by atoms with E-state index < -0.39 is 0 Å². The minimum absolute atomic E-state index is 0.208. The first-order valence-electron chi connectivity index (χ1n) is 6.85. The molecule has 2 heterocycles. The monoisotopic (exact) mass is 341 g/mol. The second-order valence-corrected chi connectivity index (χ2v) is 6.08. The van der Waals surface area contributed by atoms with Gasteiger partial charge in [0, 0.05) is 26.2 Å². The van der Waals surface area contributed by atoms with Gasteiger partial charge in [0.2, 0.25) is 0 Å². The van der Waals surface area contributed by atoms with Crippen LogP contribution in [0.25, 0.3) is 0 Å². The number of anilines is 1. The first kappa shape index (κ1) is 15.1. The zero-order valence-electron chi connectivity index (χ0n) is 11.9. The highest BCUT2D eigenvalue weighted by atomic mass is 79.9. The number of hydrogen-bond acceptors (Lipinski definition) is 4. The molecule has 1 aliphatic heterocycles. The summed E-state index contributed by atoms with van der Waals surface area (Å²) in [5, 5.41) is 0. The number of pyridine rings is 1. The fraction of sp³-hybridized carbons (Fsp3) is 0.571. The van der Waals surface area contributed by atoms with Gasteiger partial charge in [-0.15, -0.1) is 0 Å². The molecular formula is C14H20BrN3O2. The zero-order valence-corrected chi connectivity index (χ0v) is 13.5. The summed E-state index contributed by atoms with van der Waals surface area (Å²) in [5.41, 5.74) is 0. The molecule has 20 heavy (non-hydrogen) atoms. The standard InChI is InChI=1S/C14H20BrN3O2/c1-11(2)10-20-14(19)18-8-6-17(7-9-18)13-5-3-4-12(15)16-13/h3-5,11H,6-10H2,1-2H3. The van der Waals surface area contributed by atoms with Gasteiger partial charge >= 0.3 is 6.09 Å². The molecule has 1 amide bonds. The molecule has 6 heteroatoms. The predicted octanol–water partition coefficient (Wildman–Crippen LogP) is 2.76. The molecule has 2 rings (SSSR count). The van der Waals surface area contributed by atoms with Crippen molar-refractivity contribution in [2.75, 3.05) is 37.7 Å². The summed E-state index contributed by atoms with van der Waals surface area (Å²) >= 11 is 3.38. The largest absolute Gasteiger partial charge is 0.449 e. The lowest BCUT2D eigenvalue weighted by Gasteiger charge is -2.34. The van der Waals surface area contributed by atoms with Crippen LogP contribution in [0, 0.1) is 5.92 Å². The summed E-state index contributed by atoms with van der Waals surface area (Å²) in [7, 11) is 0. The average molecular weight is 342 g/mol. The van der Waals surface area contributed by atoms with Crippen molar-refractivity contribution >= 4 is 27.8 Å². The maximum Gasteiger partial charge on any atom is 0.409 e. The molecule has 0 aromatic carbocycles. The maximum absolute atomic E-state index is 11.9. The highest BCUT2D eigenvalue weighted by Gasteiger charge is 2.23. The first-order chi connectivity index (χ1) is 9.56. The third kappa shape index (κ3) is 4.10. The Labute approximate surface area is 128 Å². The quantitative estimate of drug-likeness (QED) is 0.793. The van der Waals surface area contributed by atoms with Crippen LogP contribution in [-0.2, 0) is 4.74 Å². The fourth-order valence-electron chi connectivity index (χ4n) is 2.02. The number of halogens is 1. The van der Waals surface area contributed by atoms with Gasteiger partial charge < -0.3 is 14.5 Å². The van der Waals surface area contributed by atoms with Crippen molar-refractivity contribution in [1.29, 1.82) is 0 Å². The molecule has 0 spiro atoms. The number of aromatic nitrogens is 1. The highest BCUT2D eigenvalue weighted by Crippen LogP contribution is 2.17. The summed E-state index contributed by atoms with van der Waals surface area (Å²) in [6.45, 7) is 7.44. The maximum atomic E-state index is 11.9. The molecule has 110 valence electrons. The molecule has 1 aliphatic rings. The highest BCUT2D eigenvalue weighted by molar-refractivity contribution is 9.10. The Hall–Kier alpha value is -1.30. The van der Waals surface area contributed by atoms with Gasteiger partial charge in [0.25, 0.3) is 0 Å². The van der Waals surface area contributed by atoms with Crippen LogP contribution < -0.4 is 4.90 Å². The number of ether oxygens (including phenoxy) is 1. The van der Waals surface area contributed by atoms with Crippen LogP contribution in [0.15, 0.2) is 22.8 Å². The summed E-state index contributed by atoms with van der Waals surface area (Å²) in [4.78, 5) is 20.2. The van der Waals surface area contributed by atoms with E-state index in [2.05, 4.69) is 25.8 Å². The molecule has 1 aromatic rings. The Balaban J connectivity index is 1.84. The number of carbonyl (C=O) groups is 1. The minimum Gasteiger partial charge on any atom is -0.449 e. The molecule has 0 saturated carbocycles. The predicted molar refractivity (Wildman–Crippen MR) is 81.9 cm³/mol. The molecule has 0 radical (unpaired) electrons. The van der Waals surface area contributed by atoms with E-state index in [4.69, 9.17) is 4.74 Å². The lowest BCUT2D eigenvalue weighted by molar-refractivity contribution is 0.0901. The molecule has 1 saturated heterocycles. The molecule has 1 aromatic heterocycles. The van der Waals surface area contributed by atoms with Gasteiger partial charge in [-0.3, -0.25) is 0 Å². The molecule has 0 aliphatic carbocycles. The van der Waals surface area contributed by atoms with Crippen molar-refractivity contribution in [3.8, 4) is 0 Å². The second-order valence-electron chi connectivity index (χ2n) is 5.26. The van der Waals surface area contributed by atoms with Gasteiger partial charge in [-0.1, -0.05) is 19.9 Å². The first-order valence-corrected chi connectivity index (χ1v) is 7.65. The smallest absolute Gasteiger partial charge is 0.409 e. The van der Waals surface area contributed by atoms with E-state index in [1.54, 1.807) is 4.90 Å². The Morgan fingerprint density at radius 1 is 1.35 bits per heavy atom. The van der Waals surface area contributed by atoms with Crippen molar-refractivity contribution < 1.29 is 9.53 Å². The van der Waals surface area contributed by atoms with Gasteiger partial charge in [0.05, 0.1) is 6.61 Å². The Bertz CT molecular complexity index is 459. The molecular weight excluding hydrogens is 322 g/mol. The van der Waals surface area contributed by atoms with E-state index in [0.717, 1.165) is 23.5 Å². The third-order valence-electron chi connectivity index (χ3n) is 3.10. The number of amides is 1. The van der Waals surface area contributed by atoms with Crippen molar-refractivity contribution in [2.24, 2.45) is 5.92 Å². The lowest BCUT2D eigenvalue weighted by Crippen LogP contribution is -2.49.